The summed E-state index contributed by atoms with van der Waals surface area (Å²) in [5.74, 6) is -1.41. The summed E-state index contributed by atoms with van der Waals surface area (Å²) in [5.41, 5.74) is 1.44. The number of para-hydroxylation sites is 1. The summed E-state index contributed by atoms with van der Waals surface area (Å²) < 4.78 is 41.0. The zero-order valence-electron chi connectivity index (χ0n) is 20.5. The lowest BCUT2D eigenvalue weighted by molar-refractivity contribution is -0.139. The molecule has 1 atom stereocenters. The van der Waals surface area contributed by atoms with Crippen molar-refractivity contribution in [3.05, 3.63) is 65.5 Å². The van der Waals surface area contributed by atoms with Gasteiger partial charge in [-0.2, -0.15) is 0 Å². The Morgan fingerprint density at radius 3 is 2.26 bits per heavy atom. The Labute approximate surface area is 207 Å². The third-order valence-electron chi connectivity index (χ3n) is 6.49. The number of rotatable bonds is 10. The predicted octanol–water partition coefficient (Wildman–Crippen LogP) is 3.63. The van der Waals surface area contributed by atoms with Crippen molar-refractivity contribution in [3.63, 3.8) is 0 Å². The van der Waals surface area contributed by atoms with E-state index in [1.54, 1.807) is 37.3 Å². The molecule has 7 nitrogen and oxygen atoms in total. The number of hydrogen-bond acceptors (Lipinski definition) is 4. The summed E-state index contributed by atoms with van der Waals surface area (Å²) in [5, 5.41) is 2.99. The van der Waals surface area contributed by atoms with Crippen LogP contribution in [0.3, 0.4) is 0 Å². The van der Waals surface area contributed by atoms with Crippen LogP contribution >= 0.6 is 0 Å². The van der Waals surface area contributed by atoms with Gasteiger partial charge in [-0.3, -0.25) is 13.9 Å². The van der Waals surface area contributed by atoms with Crippen LogP contribution in [0.4, 0.5) is 10.1 Å². The van der Waals surface area contributed by atoms with E-state index in [2.05, 4.69) is 5.32 Å². The fraction of sp³-hybridized carbons (Fsp3) is 0.462. The summed E-state index contributed by atoms with van der Waals surface area (Å²) in [7, 11) is -3.81. The fourth-order valence-corrected chi connectivity index (χ4v) is 5.31. The minimum atomic E-state index is -3.81. The monoisotopic (exact) mass is 503 g/mol. The second kappa shape index (κ2) is 11.7. The third kappa shape index (κ3) is 6.81. The van der Waals surface area contributed by atoms with E-state index in [9.17, 15) is 22.4 Å². The predicted molar refractivity (Wildman–Crippen MR) is 135 cm³/mol. The maximum Gasteiger partial charge on any atom is 0.244 e. The Bertz CT molecular complexity index is 1150. The molecule has 9 heteroatoms. The van der Waals surface area contributed by atoms with Crippen LogP contribution < -0.4 is 9.62 Å². The van der Waals surface area contributed by atoms with Gasteiger partial charge in [0.1, 0.15) is 18.4 Å². The van der Waals surface area contributed by atoms with Crippen LogP contribution in [0.15, 0.2) is 48.5 Å². The quantitative estimate of drug-likeness (QED) is 0.537. The first-order valence-corrected chi connectivity index (χ1v) is 13.9. The minimum Gasteiger partial charge on any atom is -0.352 e. The Kier molecular flexibility index (Phi) is 8.88. The zero-order chi connectivity index (χ0) is 25.6. The van der Waals surface area contributed by atoms with Crippen LogP contribution in [0.25, 0.3) is 0 Å². The fourth-order valence-electron chi connectivity index (χ4n) is 4.43. The van der Waals surface area contributed by atoms with Crippen LogP contribution in [0.5, 0.6) is 0 Å². The summed E-state index contributed by atoms with van der Waals surface area (Å²) in [6.45, 7) is 2.85. The highest BCUT2D eigenvalue weighted by atomic mass is 32.2. The van der Waals surface area contributed by atoms with Crippen molar-refractivity contribution in [1.82, 2.24) is 10.2 Å². The van der Waals surface area contributed by atoms with E-state index in [0.717, 1.165) is 41.8 Å². The molecule has 1 fully saturated rings. The molecule has 3 rings (SSSR count). The molecule has 190 valence electrons. The standard InChI is InChI=1S/C26H34FN3O4S/c1-4-20-11-6-10-16-24(20)30(35(3,33)34)18-25(31)29(17-21-12-5-9-15-23(21)27)19(2)26(32)28-22-13-7-8-14-22/h5-6,9-12,15-16,19,22H,4,7-8,13-14,17-18H2,1-3H3,(H,28,32)/t19-/m1/s1. The highest BCUT2D eigenvalue weighted by Crippen LogP contribution is 2.24. The molecule has 0 saturated heterocycles. The first-order valence-electron chi connectivity index (χ1n) is 12.0. The zero-order valence-corrected chi connectivity index (χ0v) is 21.4. The molecule has 0 radical (unpaired) electrons. The number of nitrogens with one attached hydrogen (secondary N) is 1. The number of halogens is 1. The molecular formula is C26H34FN3O4S. The molecule has 0 unspecified atom stereocenters. The number of carbonyl (C=O) groups is 2. The normalized spacial score (nSPS) is 15.0. The molecule has 35 heavy (non-hydrogen) atoms. The summed E-state index contributed by atoms with van der Waals surface area (Å²) in [4.78, 5) is 27.9. The van der Waals surface area contributed by atoms with Crippen molar-refractivity contribution in [2.24, 2.45) is 0 Å². The van der Waals surface area contributed by atoms with Crippen LogP contribution in [-0.2, 0) is 32.6 Å². The van der Waals surface area contributed by atoms with Gasteiger partial charge in [0.2, 0.25) is 21.8 Å². The van der Waals surface area contributed by atoms with E-state index < -0.39 is 34.3 Å². The van der Waals surface area contributed by atoms with Gasteiger partial charge >= 0.3 is 0 Å². The Hall–Kier alpha value is -2.94. The molecule has 0 bridgehead atoms. The highest BCUT2D eigenvalue weighted by molar-refractivity contribution is 7.92. The summed E-state index contributed by atoms with van der Waals surface area (Å²) in [6.07, 6.45) is 5.47. The van der Waals surface area contributed by atoms with Crippen molar-refractivity contribution in [2.45, 2.75) is 64.6 Å². The average molecular weight is 504 g/mol. The molecule has 0 heterocycles. The number of sulfonamides is 1. The molecule has 0 aromatic heterocycles. The Morgan fingerprint density at radius 2 is 1.66 bits per heavy atom. The lowest BCUT2D eigenvalue weighted by Crippen LogP contribution is -2.52. The van der Waals surface area contributed by atoms with Gasteiger partial charge in [0.15, 0.2) is 0 Å². The van der Waals surface area contributed by atoms with Gasteiger partial charge in [0.25, 0.3) is 0 Å². The molecule has 1 aliphatic carbocycles. The van der Waals surface area contributed by atoms with Crippen LogP contribution in [0, 0.1) is 5.82 Å². The largest absolute Gasteiger partial charge is 0.352 e. The number of anilines is 1. The van der Waals surface area contributed by atoms with Gasteiger partial charge in [-0.05, 0) is 43.9 Å². The number of aryl methyl sites for hydroxylation is 1. The van der Waals surface area contributed by atoms with Crippen LogP contribution in [-0.4, -0.2) is 50.0 Å². The molecule has 1 saturated carbocycles. The second-order valence-electron chi connectivity index (χ2n) is 9.03. The first-order chi connectivity index (χ1) is 16.6. The maximum atomic E-state index is 14.5. The number of nitrogens with zero attached hydrogens (tertiary/aromatic N) is 2. The molecule has 2 aromatic rings. The number of amides is 2. The van der Waals surface area contributed by atoms with Gasteiger partial charge in [-0.1, -0.05) is 56.2 Å². The van der Waals surface area contributed by atoms with E-state index in [4.69, 9.17) is 0 Å². The third-order valence-corrected chi connectivity index (χ3v) is 7.61. The second-order valence-corrected chi connectivity index (χ2v) is 10.9. The molecule has 1 aliphatic rings. The number of hydrogen-bond donors (Lipinski definition) is 1. The van der Waals surface area contributed by atoms with E-state index in [1.807, 2.05) is 19.1 Å². The lowest BCUT2D eigenvalue weighted by Gasteiger charge is -2.32. The first kappa shape index (κ1) is 26.7. The van der Waals surface area contributed by atoms with Crippen molar-refractivity contribution in [1.29, 1.82) is 0 Å². The van der Waals surface area contributed by atoms with Crippen molar-refractivity contribution < 1.29 is 22.4 Å². The van der Waals surface area contributed by atoms with Gasteiger partial charge in [0.05, 0.1) is 11.9 Å². The van der Waals surface area contributed by atoms with Crippen molar-refractivity contribution >= 4 is 27.5 Å². The molecular weight excluding hydrogens is 469 g/mol. The smallest absolute Gasteiger partial charge is 0.244 e. The van der Waals surface area contributed by atoms with Gasteiger partial charge < -0.3 is 10.2 Å². The average Bonchev–Trinajstić information content (AvgIpc) is 3.33. The SMILES string of the molecule is CCc1ccccc1N(CC(=O)N(Cc1ccccc1F)[C@H](C)C(=O)NC1CCCC1)S(C)(=O)=O. The van der Waals surface area contributed by atoms with Gasteiger partial charge in [0, 0.05) is 18.2 Å². The van der Waals surface area contributed by atoms with Crippen molar-refractivity contribution in [2.75, 3.05) is 17.1 Å². The Morgan fingerprint density at radius 1 is 1.06 bits per heavy atom. The van der Waals surface area contributed by atoms with Gasteiger partial charge in [-0.15, -0.1) is 0 Å². The summed E-state index contributed by atoms with van der Waals surface area (Å²) in [6, 6.07) is 12.2. The summed E-state index contributed by atoms with van der Waals surface area (Å²) >= 11 is 0. The van der Waals surface area contributed by atoms with E-state index in [0.29, 0.717) is 12.1 Å². The maximum absolute atomic E-state index is 14.5. The van der Waals surface area contributed by atoms with E-state index in [1.165, 1.54) is 11.0 Å². The number of benzene rings is 2. The lowest BCUT2D eigenvalue weighted by atomic mass is 10.1. The molecule has 1 N–H and O–H groups in total. The molecule has 2 amide bonds. The van der Waals surface area contributed by atoms with E-state index >= 15 is 0 Å². The Balaban J connectivity index is 1.91. The highest BCUT2D eigenvalue weighted by Gasteiger charge is 2.32. The van der Waals surface area contributed by atoms with Crippen LogP contribution in [0.2, 0.25) is 0 Å². The van der Waals surface area contributed by atoms with Crippen LogP contribution in [0.1, 0.15) is 50.7 Å². The molecule has 0 aliphatic heterocycles. The topological polar surface area (TPSA) is 86.8 Å². The number of carbonyl (C=O) groups excluding carboxylic acids is 2. The minimum absolute atomic E-state index is 0.0549. The van der Waals surface area contributed by atoms with Crippen molar-refractivity contribution in [3.8, 4) is 0 Å². The molecule has 2 aromatic carbocycles. The van der Waals surface area contributed by atoms with Gasteiger partial charge in [-0.25, -0.2) is 12.8 Å². The molecule has 0 spiro atoms. The van der Waals surface area contributed by atoms with E-state index in [-0.39, 0.29) is 24.1 Å².